The monoisotopic (exact) mass is 309 g/mol. The number of aromatic nitrogens is 1. The van der Waals surface area contributed by atoms with Crippen LogP contribution < -0.4 is 11.1 Å². The molecule has 0 radical (unpaired) electrons. The minimum absolute atomic E-state index is 0.0602. The van der Waals surface area contributed by atoms with Crippen molar-refractivity contribution in [2.75, 3.05) is 0 Å². The lowest BCUT2D eigenvalue weighted by atomic mass is 9.97. The second kappa shape index (κ2) is 7.38. The molecule has 1 aliphatic carbocycles. The highest BCUT2D eigenvalue weighted by Gasteiger charge is 2.27. The van der Waals surface area contributed by atoms with Crippen LogP contribution >= 0.6 is 0 Å². The molecular weight excluding hydrogens is 286 g/mol. The van der Waals surface area contributed by atoms with Crippen molar-refractivity contribution in [2.45, 2.75) is 37.8 Å². The normalized spacial score (nSPS) is 21.8. The molecule has 1 amide bonds. The fraction of sp³-hybridized carbons (Fsp3) is 0.368. The van der Waals surface area contributed by atoms with Crippen LogP contribution in [0.15, 0.2) is 54.9 Å². The molecule has 120 valence electrons. The van der Waals surface area contributed by atoms with Crippen molar-refractivity contribution in [1.29, 1.82) is 0 Å². The molecule has 1 aliphatic rings. The summed E-state index contributed by atoms with van der Waals surface area (Å²) in [7, 11) is 0. The van der Waals surface area contributed by atoms with Gasteiger partial charge in [0.25, 0.3) is 0 Å². The third kappa shape index (κ3) is 3.96. The number of carbonyl (C=O) groups is 1. The Balaban J connectivity index is 1.75. The molecule has 1 saturated carbocycles. The summed E-state index contributed by atoms with van der Waals surface area (Å²) in [5.41, 5.74) is 8.14. The first-order chi connectivity index (χ1) is 11.2. The molecule has 0 bridgehead atoms. The van der Waals surface area contributed by atoms with Gasteiger partial charge in [-0.2, -0.15) is 0 Å². The van der Waals surface area contributed by atoms with E-state index >= 15 is 0 Å². The minimum atomic E-state index is -0.171. The van der Waals surface area contributed by atoms with E-state index in [1.807, 2.05) is 42.5 Å². The summed E-state index contributed by atoms with van der Waals surface area (Å²) in [4.78, 5) is 16.7. The van der Waals surface area contributed by atoms with Crippen molar-refractivity contribution >= 4 is 5.91 Å². The summed E-state index contributed by atoms with van der Waals surface area (Å²) in [6.45, 7) is 0. The zero-order chi connectivity index (χ0) is 16.1. The van der Waals surface area contributed by atoms with Crippen LogP contribution in [0, 0.1) is 5.92 Å². The number of hydrogen-bond donors (Lipinski definition) is 2. The fourth-order valence-electron chi connectivity index (χ4n) is 3.33. The SMILES string of the molecule is N[C@@H]1CCC[C@H]1CC(=O)NC(c1ccccc1)c1cccnc1. The number of pyridine rings is 1. The fourth-order valence-corrected chi connectivity index (χ4v) is 3.33. The van der Waals surface area contributed by atoms with E-state index in [1.54, 1.807) is 12.4 Å². The van der Waals surface area contributed by atoms with Crippen molar-refractivity contribution < 1.29 is 4.79 Å². The average molecular weight is 309 g/mol. The molecule has 1 heterocycles. The van der Waals surface area contributed by atoms with Crippen LogP contribution in [0.5, 0.6) is 0 Å². The predicted molar refractivity (Wildman–Crippen MR) is 90.6 cm³/mol. The quantitative estimate of drug-likeness (QED) is 0.892. The van der Waals surface area contributed by atoms with Crippen LogP contribution in [0.1, 0.15) is 42.9 Å². The molecule has 3 rings (SSSR count). The zero-order valence-electron chi connectivity index (χ0n) is 13.2. The topological polar surface area (TPSA) is 68.0 Å². The van der Waals surface area contributed by atoms with Crippen LogP contribution in [-0.2, 0) is 4.79 Å². The Kier molecular flexibility index (Phi) is 5.03. The maximum atomic E-state index is 12.5. The minimum Gasteiger partial charge on any atom is -0.345 e. The van der Waals surface area contributed by atoms with Gasteiger partial charge in [-0.05, 0) is 36.0 Å². The molecule has 0 saturated heterocycles. The van der Waals surface area contributed by atoms with E-state index in [1.165, 1.54) is 0 Å². The summed E-state index contributed by atoms with van der Waals surface area (Å²) >= 11 is 0. The molecule has 1 unspecified atom stereocenters. The van der Waals surface area contributed by atoms with Gasteiger partial charge < -0.3 is 11.1 Å². The summed E-state index contributed by atoms with van der Waals surface area (Å²) < 4.78 is 0. The number of carbonyl (C=O) groups excluding carboxylic acids is 1. The van der Waals surface area contributed by atoms with E-state index in [9.17, 15) is 4.79 Å². The summed E-state index contributed by atoms with van der Waals surface area (Å²) in [5.74, 6) is 0.366. The van der Waals surface area contributed by atoms with Gasteiger partial charge in [-0.3, -0.25) is 9.78 Å². The van der Waals surface area contributed by atoms with E-state index in [0.29, 0.717) is 12.3 Å². The highest BCUT2D eigenvalue weighted by atomic mass is 16.1. The molecule has 23 heavy (non-hydrogen) atoms. The molecule has 1 fully saturated rings. The summed E-state index contributed by atoms with van der Waals surface area (Å²) in [5, 5.41) is 3.16. The van der Waals surface area contributed by atoms with Crippen molar-refractivity contribution in [1.82, 2.24) is 10.3 Å². The van der Waals surface area contributed by atoms with Crippen LogP contribution in [0.25, 0.3) is 0 Å². The lowest BCUT2D eigenvalue weighted by Gasteiger charge is -2.21. The van der Waals surface area contributed by atoms with Crippen LogP contribution in [0.4, 0.5) is 0 Å². The molecule has 4 heteroatoms. The molecule has 1 aromatic heterocycles. The third-order valence-electron chi connectivity index (χ3n) is 4.62. The largest absolute Gasteiger partial charge is 0.345 e. The number of amides is 1. The smallest absolute Gasteiger partial charge is 0.221 e. The molecular formula is C19H23N3O. The number of hydrogen-bond acceptors (Lipinski definition) is 3. The molecule has 3 atom stereocenters. The number of rotatable bonds is 5. The predicted octanol–water partition coefficient (Wildman–Crippen LogP) is 2.80. The molecule has 0 aliphatic heterocycles. The van der Waals surface area contributed by atoms with E-state index in [4.69, 9.17) is 5.73 Å². The first kappa shape index (κ1) is 15.7. The second-order valence-corrected chi connectivity index (χ2v) is 6.26. The highest BCUT2D eigenvalue weighted by molar-refractivity contribution is 5.77. The Morgan fingerprint density at radius 2 is 1.96 bits per heavy atom. The lowest BCUT2D eigenvalue weighted by molar-refractivity contribution is -0.122. The first-order valence-corrected chi connectivity index (χ1v) is 8.24. The van der Waals surface area contributed by atoms with E-state index in [-0.39, 0.29) is 18.0 Å². The van der Waals surface area contributed by atoms with Gasteiger partial charge in [-0.25, -0.2) is 0 Å². The Hall–Kier alpha value is -2.20. The van der Waals surface area contributed by atoms with Crippen LogP contribution in [-0.4, -0.2) is 16.9 Å². The van der Waals surface area contributed by atoms with Crippen molar-refractivity contribution in [3.05, 3.63) is 66.0 Å². The molecule has 2 aromatic rings. The third-order valence-corrected chi connectivity index (χ3v) is 4.62. The summed E-state index contributed by atoms with van der Waals surface area (Å²) in [6.07, 6.45) is 7.26. The van der Waals surface area contributed by atoms with Gasteiger partial charge in [0, 0.05) is 24.9 Å². The lowest BCUT2D eigenvalue weighted by Crippen LogP contribution is -2.34. The van der Waals surface area contributed by atoms with Gasteiger partial charge in [0.15, 0.2) is 0 Å². The average Bonchev–Trinajstić information content (AvgIpc) is 2.99. The van der Waals surface area contributed by atoms with Crippen LogP contribution in [0.2, 0.25) is 0 Å². The van der Waals surface area contributed by atoms with Crippen molar-refractivity contribution in [2.24, 2.45) is 11.7 Å². The van der Waals surface area contributed by atoms with Crippen LogP contribution in [0.3, 0.4) is 0 Å². The molecule has 3 N–H and O–H groups in total. The highest BCUT2D eigenvalue weighted by Crippen LogP contribution is 2.28. The van der Waals surface area contributed by atoms with Crippen molar-refractivity contribution in [3.63, 3.8) is 0 Å². The van der Waals surface area contributed by atoms with Gasteiger partial charge >= 0.3 is 0 Å². The first-order valence-electron chi connectivity index (χ1n) is 8.24. The maximum absolute atomic E-state index is 12.5. The zero-order valence-corrected chi connectivity index (χ0v) is 13.2. The summed E-state index contributed by atoms with van der Waals surface area (Å²) in [6, 6.07) is 13.9. The Bertz CT molecular complexity index is 590. The number of nitrogens with zero attached hydrogens (tertiary/aromatic N) is 1. The Labute approximate surface area is 137 Å². The molecule has 4 nitrogen and oxygen atoms in total. The maximum Gasteiger partial charge on any atom is 0.221 e. The molecule has 0 spiro atoms. The Morgan fingerprint density at radius 3 is 2.61 bits per heavy atom. The van der Waals surface area contributed by atoms with Gasteiger partial charge in [0.1, 0.15) is 0 Å². The van der Waals surface area contributed by atoms with E-state index in [2.05, 4.69) is 10.3 Å². The van der Waals surface area contributed by atoms with E-state index in [0.717, 1.165) is 30.4 Å². The van der Waals surface area contributed by atoms with Gasteiger partial charge in [0.2, 0.25) is 5.91 Å². The molecule has 1 aromatic carbocycles. The number of nitrogens with two attached hydrogens (primary N) is 1. The number of nitrogens with one attached hydrogen (secondary N) is 1. The van der Waals surface area contributed by atoms with Gasteiger partial charge in [-0.15, -0.1) is 0 Å². The van der Waals surface area contributed by atoms with E-state index < -0.39 is 0 Å². The van der Waals surface area contributed by atoms with Gasteiger partial charge in [-0.1, -0.05) is 42.8 Å². The number of benzene rings is 1. The van der Waals surface area contributed by atoms with Gasteiger partial charge in [0.05, 0.1) is 6.04 Å². The Morgan fingerprint density at radius 1 is 1.17 bits per heavy atom. The second-order valence-electron chi connectivity index (χ2n) is 6.26. The van der Waals surface area contributed by atoms with Crippen molar-refractivity contribution in [3.8, 4) is 0 Å². The standard InChI is InChI=1S/C19H23N3O/c20-17-10-4-8-15(17)12-18(23)22-19(14-6-2-1-3-7-14)16-9-5-11-21-13-16/h1-3,5-7,9,11,13,15,17,19H,4,8,10,12,20H2,(H,22,23)/t15-,17+,19?/m0/s1.